The van der Waals surface area contributed by atoms with E-state index in [4.69, 9.17) is 16.3 Å². The van der Waals surface area contributed by atoms with Crippen molar-refractivity contribution in [3.05, 3.63) is 124 Å². The highest BCUT2D eigenvalue weighted by Crippen LogP contribution is 2.31. The summed E-state index contributed by atoms with van der Waals surface area (Å²) in [6.45, 7) is 5.55. The molecule has 1 heterocycles. The number of nitrogens with zero attached hydrogens (tertiary/aromatic N) is 2. The number of amides is 1. The minimum Gasteiger partial charge on any atom is -0.378 e. The Hall–Kier alpha value is -3.85. The van der Waals surface area contributed by atoms with Crippen LogP contribution in [0.15, 0.2) is 102 Å². The summed E-state index contributed by atoms with van der Waals surface area (Å²) in [4.78, 5) is 15.3. The summed E-state index contributed by atoms with van der Waals surface area (Å²) in [6.07, 6.45) is 0. The molecule has 0 aliphatic carbocycles. The zero-order chi connectivity index (χ0) is 28.8. The molecule has 4 aromatic carbocycles. The lowest BCUT2D eigenvalue weighted by molar-refractivity contribution is 0.0951. The number of carbonyl (C=O) groups excluding carboxylic acids is 1. The van der Waals surface area contributed by atoms with Crippen LogP contribution in [0.4, 0.5) is 11.4 Å². The predicted molar refractivity (Wildman–Crippen MR) is 163 cm³/mol. The van der Waals surface area contributed by atoms with E-state index >= 15 is 0 Å². The van der Waals surface area contributed by atoms with Crippen LogP contribution >= 0.6 is 11.6 Å². The third-order valence-electron chi connectivity index (χ3n) is 7.08. The van der Waals surface area contributed by atoms with Gasteiger partial charge in [-0.2, -0.15) is 0 Å². The molecule has 212 valence electrons. The van der Waals surface area contributed by atoms with Crippen LogP contribution in [0.2, 0.25) is 5.02 Å². The van der Waals surface area contributed by atoms with E-state index in [2.05, 4.69) is 22.3 Å². The summed E-state index contributed by atoms with van der Waals surface area (Å²) in [5.74, 6) is -0.201. The highest BCUT2D eigenvalue weighted by Gasteiger charge is 2.26. The zero-order valence-corrected chi connectivity index (χ0v) is 24.4. The monoisotopic (exact) mass is 589 g/mol. The smallest absolute Gasteiger partial charge is 0.264 e. The Labute approximate surface area is 246 Å². The lowest BCUT2D eigenvalue weighted by Crippen LogP contribution is -2.36. The minimum absolute atomic E-state index is 0.0792. The Morgan fingerprint density at radius 1 is 0.902 bits per heavy atom. The topological polar surface area (TPSA) is 79.0 Å². The maximum absolute atomic E-state index is 13.7. The fourth-order valence-electron chi connectivity index (χ4n) is 4.73. The fourth-order valence-corrected chi connectivity index (χ4v) is 6.43. The van der Waals surface area contributed by atoms with Crippen LogP contribution in [0.25, 0.3) is 0 Å². The van der Waals surface area contributed by atoms with Gasteiger partial charge in [-0.05, 0) is 72.1 Å². The Balaban J connectivity index is 1.28. The average Bonchev–Trinajstić information content (AvgIpc) is 3.01. The van der Waals surface area contributed by atoms with Crippen molar-refractivity contribution in [1.29, 1.82) is 0 Å². The van der Waals surface area contributed by atoms with Gasteiger partial charge < -0.3 is 15.0 Å². The third kappa shape index (κ3) is 6.90. The minimum atomic E-state index is -3.88. The Morgan fingerprint density at radius 3 is 2.24 bits per heavy atom. The molecule has 41 heavy (non-hydrogen) atoms. The standard InChI is InChI=1S/C32H32ClN3O4S/c1-24-7-14-28(33)21-31(24)36(41(38,39)30-5-3-2-4-6-30)23-26-8-12-27(13-9-26)32(37)34-22-25-10-15-29(16-11-25)35-17-19-40-20-18-35/h2-16,21H,17-20,22-23H2,1H3,(H,34,37). The third-order valence-corrected chi connectivity index (χ3v) is 9.09. The van der Waals surface area contributed by atoms with Gasteiger partial charge in [0.15, 0.2) is 0 Å². The van der Waals surface area contributed by atoms with Crippen molar-refractivity contribution in [3.8, 4) is 0 Å². The number of benzene rings is 4. The van der Waals surface area contributed by atoms with Crippen molar-refractivity contribution in [2.75, 3.05) is 35.5 Å². The number of sulfonamides is 1. The molecule has 0 radical (unpaired) electrons. The first kappa shape index (κ1) is 28.7. The van der Waals surface area contributed by atoms with Crippen LogP contribution in [0, 0.1) is 6.92 Å². The second kappa shape index (κ2) is 12.8. The van der Waals surface area contributed by atoms with Gasteiger partial charge in [0.1, 0.15) is 0 Å². The molecule has 1 aliphatic heterocycles. The van der Waals surface area contributed by atoms with Crippen molar-refractivity contribution < 1.29 is 17.9 Å². The zero-order valence-electron chi connectivity index (χ0n) is 22.8. The SMILES string of the molecule is Cc1ccc(Cl)cc1N(Cc1ccc(C(=O)NCc2ccc(N3CCOCC3)cc2)cc1)S(=O)(=O)c1ccccc1. The Morgan fingerprint density at radius 2 is 1.56 bits per heavy atom. The summed E-state index contributed by atoms with van der Waals surface area (Å²) in [7, 11) is -3.88. The van der Waals surface area contributed by atoms with Crippen LogP contribution in [0.5, 0.6) is 0 Å². The molecule has 0 unspecified atom stereocenters. The van der Waals surface area contributed by atoms with E-state index in [1.807, 2.05) is 19.1 Å². The van der Waals surface area contributed by atoms with E-state index in [-0.39, 0.29) is 17.3 Å². The maximum atomic E-state index is 13.7. The molecule has 1 N–H and O–H groups in total. The second-order valence-electron chi connectivity index (χ2n) is 9.90. The van der Waals surface area contributed by atoms with Gasteiger partial charge in [-0.3, -0.25) is 9.10 Å². The molecule has 0 aromatic heterocycles. The fraction of sp³-hybridized carbons (Fsp3) is 0.219. The number of morpholine rings is 1. The molecule has 5 rings (SSSR count). The highest BCUT2D eigenvalue weighted by molar-refractivity contribution is 7.92. The average molecular weight is 590 g/mol. The van der Waals surface area contributed by atoms with E-state index < -0.39 is 10.0 Å². The largest absolute Gasteiger partial charge is 0.378 e. The number of ether oxygens (including phenoxy) is 1. The van der Waals surface area contributed by atoms with Gasteiger partial charge >= 0.3 is 0 Å². The number of anilines is 2. The lowest BCUT2D eigenvalue weighted by Gasteiger charge is -2.28. The molecular formula is C32H32ClN3O4S. The number of carbonyl (C=O) groups is 1. The van der Waals surface area contributed by atoms with Gasteiger partial charge in [-0.25, -0.2) is 8.42 Å². The van der Waals surface area contributed by atoms with Crippen molar-refractivity contribution >= 4 is 38.9 Å². The van der Waals surface area contributed by atoms with Crippen LogP contribution in [0.3, 0.4) is 0 Å². The van der Waals surface area contributed by atoms with Crippen molar-refractivity contribution in [2.45, 2.75) is 24.9 Å². The van der Waals surface area contributed by atoms with Crippen LogP contribution in [0.1, 0.15) is 27.0 Å². The van der Waals surface area contributed by atoms with Gasteiger partial charge in [-0.15, -0.1) is 0 Å². The molecule has 0 spiro atoms. The highest BCUT2D eigenvalue weighted by atomic mass is 35.5. The van der Waals surface area contributed by atoms with Crippen molar-refractivity contribution in [3.63, 3.8) is 0 Å². The number of hydrogen-bond donors (Lipinski definition) is 1. The quantitative estimate of drug-likeness (QED) is 0.266. The van der Waals surface area contributed by atoms with Crippen LogP contribution < -0.4 is 14.5 Å². The first-order valence-electron chi connectivity index (χ1n) is 13.4. The van der Waals surface area contributed by atoms with Crippen molar-refractivity contribution in [2.24, 2.45) is 0 Å². The summed E-state index contributed by atoms with van der Waals surface area (Å²) in [5, 5.41) is 3.41. The van der Waals surface area contributed by atoms with Gasteiger partial charge in [0.05, 0.1) is 30.3 Å². The van der Waals surface area contributed by atoms with E-state index in [1.165, 1.54) is 4.31 Å². The normalized spacial score (nSPS) is 13.6. The second-order valence-corrected chi connectivity index (χ2v) is 12.2. The summed E-state index contributed by atoms with van der Waals surface area (Å²) >= 11 is 6.26. The first-order valence-corrected chi connectivity index (χ1v) is 15.3. The van der Waals surface area contributed by atoms with Gasteiger partial charge in [-0.1, -0.05) is 60.1 Å². The van der Waals surface area contributed by atoms with E-state index in [0.29, 0.717) is 22.8 Å². The van der Waals surface area contributed by atoms with Gasteiger partial charge in [0, 0.05) is 35.9 Å². The molecule has 1 aliphatic rings. The molecule has 7 nitrogen and oxygen atoms in total. The predicted octanol–water partition coefficient (Wildman–Crippen LogP) is 5.81. The molecule has 0 saturated carbocycles. The maximum Gasteiger partial charge on any atom is 0.264 e. The number of halogens is 1. The molecule has 9 heteroatoms. The summed E-state index contributed by atoms with van der Waals surface area (Å²) < 4.78 is 34.2. The molecule has 1 amide bonds. The molecule has 0 bridgehead atoms. The van der Waals surface area contributed by atoms with E-state index in [1.54, 1.807) is 72.8 Å². The lowest BCUT2D eigenvalue weighted by atomic mass is 10.1. The number of rotatable bonds is 9. The van der Waals surface area contributed by atoms with Crippen LogP contribution in [-0.4, -0.2) is 40.6 Å². The summed E-state index contributed by atoms with van der Waals surface area (Å²) in [6, 6.07) is 28.7. The van der Waals surface area contributed by atoms with Gasteiger partial charge in [0.2, 0.25) is 0 Å². The summed E-state index contributed by atoms with van der Waals surface area (Å²) in [5.41, 5.74) is 4.67. The van der Waals surface area contributed by atoms with Crippen molar-refractivity contribution in [1.82, 2.24) is 5.32 Å². The van der Waals surface area contributed by atoms with Crippen LogP contribution in [-0.2, 0) is 27.8 Å². The first-order chi connectivity index (χ1) is 19.8. The molecular weight excluding hydrogens is 558 g/mol. The Kier molecular flexibility index (Phi) is 8.93. The molecule has 4 aromatic rings. The molecule has 0 atom stereocenters. The number of aryl methyl sites for hydroxylation is 1. The number of nitrogens with one attached hydrogen (secondary N) is 1. The number of hydrogen-bond acceptors (Lipinski definition) is 5. The molecule has 1 fully saturated rings. The van der Waals surface area contributed by atoms with E-state index in [0.717, 1.165) is 48.7 Å². The molecule has 1 saturated heterocycles. The Bertz CT molecular complexity index is 1590. The van der Waals surface area contributed by atoms with E-state index in [9.17, 15) is 13.2 Å². The van der Waals surface area contributed by atoms with Gasteiger partial charge in [0.25, 0.3) is 15.9 Å².